The molecule has 0 fully saturated rings. The van der Waals surface area contributed by atoms with E-state index in [1.807, 2.05) is 6.92 Å². The molecule has 1 unspecified atom stereocenters. The highest BCUT2D eigenvalue weighted by Gasteiger charge is 2.30. The Hall–Kier alpha value is -4.24. The first-order valence-electron chi connectivity index (χ1n) is 11.5. The largest absolute Gasteiger partial charge is 0.504 e. The van der Waals surface area contributed by atoms with Crippen molar-refractivity contribution in [2.45, 2.75) is 31.8 Å². The fraction of sp³-hybridized carbons (Fsp3) is 0.222. The molecule has 2 amide bonds. The van der Waals surface area contributed by atoms with Gasteiger partial charge in [-0.3, -0.25) is 4.79 Å². The third kappa shape index (κ3) is 5.78. The Labute approximate surface area is 217 Å². The molecule has 9 nitrogen and oxygen atoms in total. The van der Waals surface area contributed by atoms with E-state index in [1.165, 1.54) is 23.1 Å². The third-order valence-electron chi connectivity index (χ3n) is 6.30. The van der Waals surface area contributed by atoms with Crippen LogP contribution in [-0.4, -0.2) is 50.8 Å². The van der Waals surface area contributed by atoms with Crippen molar-refractivity contribution in [1.29, 1.82) is 0 Å². The lowest BCUT2D eigenvalue weighted by Gasteiger charge is -2.34. The minimum atomic E-state index is -1.20. The molecule has 0 aromatic heterocycles. The van der Waals surface area contributed by atoms with E-state index in [9.17, 15) is 29.7 Å². The summed E-state index contributed by atoms with van der Waals surface area (Å²) in [5.41, 5.74) is 2.37. The number of carbonyl (C=O) groups excluding carboxylic acids is 2. The number of fused-ring (bicyclic) bond motifs is 1. The molecule has 0 radical (unpaired) electrons. The molecule has 192 valence electrons. The number of carboxylic acid groups (broad SMARTS) is 1. The minimum absolute atomic E-state index is 0.00995. The molecule has 1 aliphatic rings. The monoisotopic (exact) mass is 524 g/mol. The first kappa shape index (κ1) is 25.8. The van der Waals surface area contributed by atoms with Crippen molar-refractivity contribution < 1.29 is 34.4 Å². The van der Waals surface area contributed by atoms with Crippen LogP contribution in [0.3, 0.4) is 0 Å². The van der Waals surface area contributed by atoms with Crippen LogP contribution in [-0.2, 0) is 17.6 Å². The topological polar surface area (TPSA) is 136 Å². The maximum absolute atomic E-state index is 12.8. The Morgan fingerprint density at radius 1 is 1.08 bits per heavy atom. The summed E-state index contributed by atoms with van der Waals surface area (Å²) >= 11 is 6.03. The van der Waals surface area contributed by atoms with E-state index in [0.717, 1.165) is 11.1 Å². The van der Waals surface area contributed by atoms with Crippen LogP contribution in [0.4, 0.5) is 4.79 Å². The van der Waals surface area contributed by atoms with Gasteiger partial charge in [0.1, 0.15) is 11.8 Å². The van der Waals surface area contributed by atoms with Gasteiger partial charge in [-0.1, -0.05) is 35.9 Å². The van der Waals surface area contributed by atoms with Gasteiger partial charge in [0.05, 0.1) is 16.6 Å². The number of phenols is 2. The molecule has 10 heteroatoms. The van der Waals surface area contributed by atoms with E-state index in [0.29, 0.717) is 18.5 Å². The zero-order valence-electron chi connectivity index (χ0n) is 19.8. The van der Waals surface area contributed by atoms with Gasteiger partial charge in [-0.15, -0.1) is 0 Å². The molecule has 0 saturated carbocycles. The van der Waals surface area contributed by atoms with Crippen LogP contribution in [0.2, 0.25) is 5.02 Å². The molecule has 1 heterocycles. The summed E-state index contributed by atoms with van der Waals surface area (Å²) in [4.78, 5) is 38.6. The fourth-order valence-electron chi connectivity index (χ4n) is 4.26. The molecule has 2 atom stereocenters. The smallest absolute Gasteiger partial charge is 0.415 e. The molecular formula is C27H25ClN2O7. The number of carbonyl (C=O) groups is 3. The number of amides is 2. The summed E-state index contributed by atoms with van der Waals surface area (Å²) in [5, 5.41) is 31.9. The number of ether oxygens (including phenoxy) is 1. The maximum Gasteiger partial charge on any atom is 0.415 e. The van der Waals surface area contributed by atoms with Gasteiger partial charge in [-0.2, -0.15) is 0 Å². The van der Waals surface area contributed by atoms with Crippen LogP contribution in [0.5, 0.6) is 17.2 Å². The van der Waals surface area contributed by atoms with Crippen molar-refractivity contribution >= 4 is 29.6 Å². The van der Waals surface area contributed by atoms with Gasteiger partial charge in [0.2, 0.25) is 0 Å². The lowest BCUT2D eigenvalue weighted by Crippen LogP contribution is -2.42. The molecule has 1 aliphatic heterocycles. The summed E-state index contributed by atoms with van der Waals surface area (Å²) in [7, 11) is 0. The number of hydrogen-bond acceptors (Lipinski definition) is 6. The Morgan fingerprint density at radius 2 is 1.76 bits per heavy atom. The van der Waals surface area contributed by atoms with Crippen molar-refractivity contribution in [2.75, 3.05) is 6.54 Å². The number of aromatic hydroxyl groups is 2. The Balaban J connectivity index is 1.39. The second-order valence-electron chi connectivity index (χ2n) is 8.72. The highest BCUT2D eigenvalue weighted by Crippen LogP contribution is 2.37. The van der Waals surface area contributed by atoms with Gasteiger partial charge in [0.25, 0.3) is 5.91 Å². The van der Waals surface area contributed by atoms with Crippen LogP contribution in [0.15, 0.2) is 60.7 Å². The van der Waals surface area contributed by atoms with E-state index in [4.69, 9.17) is 16.3 Å². The van der Waals surface area contributed by atoms with Crippen molar-refractivity contribution in [3.05, 3.63) is 87.9 Å². The first-order chi connectivity index (χ1) is 17.6. The summed E-state index contributed by atoms with van der Waals surface area (Å²) in [6.45, 7) is 2.18. The molecule has 4 rings (SSSR count). The van der Waals surface area contributed by atoms with E-state index in [-0.39, 0.29) is 40.3 Å². The highest BCUT2D eigenvalue weighted by atomic mass is 35.5. The van der Waals surface area contributed by atoms with Crippen molar-refractivity contribution in [2.24, 2.45) is 0 Å². The molecule has 0 spiro atoms. The predicted octanol–water partition coefficient (Wildman–Crippen LogP) is 4.30. The average Bonchev–Trinajstić information content (AvgIpc) is 2.86. The highest BCUT2D eigenvalue weighted by molar-refractivity contribution is 6.33. The third-order valence-corrected chi connectivity index (χ3v) is 6.63. The van der Waals surface area contributed by atoms with E-state index >= 15 is 0 Å². The van der Waals surface area contributed by atoms with Crippen molar-refractivity contribution in [1.82, 2.24) is 10.2 Å². The predicted molar refractivity (Wildman–Crippen MR) is 135 cm³/mol. The SMILES string of the molecule is CC1c2cc(O)c(O)cc2CCN1C(=O)Oc1ccc(C[C@H](NC(=O)c2ccccc2Cl)C(=O)O)cc1. The van der Waals surface area contributed by atoms with E-state index in [1.54, 1.807) is 42.5 Å². The molecular weight excluding hydrogens is 500 g/mol. The molecule has 0 aliphatic carbocycles. The number of aliphatic carboxylic acids is 1. The van der Waals surface area contributed by atoms with E-state index < -0.39 is 24.0 Å². The molecule has 3 aromatic carbocycles. The Morgan fingerprint density at radius 3 is 2.43 bits per heavy atom. The number of rotatable bonds is 6. The van der Waals surface area contributed by atoms with Crippen LogP contribution in [0.1, 0.15) is 40.0 Å². The quantitative estimate of drug-likeness (QED) is 0.353. The van der Waals surface area contributed by atoms with Gasteiger partial charge in [-0.25, -0.2) is 9.59 Å². The van der Waals surface area contributed by atoms with Gasteiger partial charge in [0.15, 0.2) is 11.5 Å². The molecule has 0 bridgehead atoms. The Kier molecular flexibility index (Phi) is 7.54. The number of nitrogens with zero attached hydrogens (tertiary/aromatic N) is 1. The normalized spacial score (nSPS) is 15.4. The number of nitrogens with one attached hydrogen (secondary N) is 1. The van der Waals surface area contributed by atoms with Crippen LogP contribution >= 0.6 is 11.6 Å². The second-order valence-corrected chi connectivity index (χ2v) is 9.13. The van der Waals surface area contributed by atoms with Crippen LogP contribution in [0, 0.1) is 0 Å². The van der Waals surface area contributed by atoms with Crippen molar-refractivity contribution in [3.8, 4) is 17.2 Å². The fourth-order valence-corrected chi connectivity index (χ4v) is 4.49. The zero-order valence-corrected chi connectivity index (χ0v) is 20.6. The number of carboxylic acids is 1. The number of hydrogen-bond donors (Lipinski definition) is 4. The summed E-state index contributed by atoms with van der Waals surface area (Å²) in [6, 6.07) is 14.1. The molecule has 4 N–H and O–H groups in total. The minimum Gasteiger partial charge on any atom is -0.504 e. The number of phenolic OH excluding ortho intramolecular Hbond substituents is 2. The maximum atomic E-state index is 12.8. The average molecular weight is 525 g/mol. The summed E-state index contributed by atoms with van der Waals surface area (Å²) in [5.74, 6) is -1.97. The molecule has 3 aromatic rings. The number of halogens is 1. The second kappa shape index (κ2) is 10.8. The molecule has 37 heavy (non-hydrogen) atoms. The standard InChI is InChI=1S/C27H25ClN2O7/c1-15-20-14-24(32)23(31)13-17(20)10-11-30(15)27(36)37-18-8-6-16(7-9-18)12-22(26(34)35)29-25(33)19-4-2-3-5-21(19)28/h2-9,13-15,22,31-32H,10-12H2,1H3,(H,29,33)(H,34,35)/t15?,22-/m0/s1. The van der Waals surface area contributed by atoms with Crippen LogP contribution < -0.4 is 10.1 Å². The van der Waals surface area contributed by atoms with Gasteiger partial charge in [0, 0.05) is 13.0 Å². The Bertz CT molecular complexity index is 1340. The lowest BCUT2D eigenvalue weighted by atomic mass is 9.93. The summed E-state index contributed by atoms with van der Waals surface area (Å²) in [6.07, 6.45) is -0.0671. The summed E-state index contributed by atoms with van der Waals surface area (Å²) < 4.78 is 5.51. The van der Waals surface area contributed by atoms with Crippen LogP contribution in [0.25, 0.3) is 0 Å². The van der Waals surface area contributed by atoms with Gasteiger partial charge < -0.3 is 30.3 Å². The zero-order chi connectivity index (χ0) is 26.7. The van der Waals surface area contributed by atoms with E-state index in [2.05, 4.69) is 5.32 Å². The first-order valence-corrected chi connectivity index (χ1v) is 11.9. The number of benzene rings is 3. The van der Waals surface area contributed by atoms with Gasteiger partial charge >= 0.3 is 12.1 Å². The molecule has 0 saturated heterocycles. The van der Waals surface area contributed by atoms with Crippen molar-refractivity contribution in [3.63, 3.8) is 0 Å². The van der Waals surface area contributed by atoms with Gasteiger partial charge in [-0.05, 0) is 66.4 Å². The lowest BCUT2D eigenvalue weighted by molar-refractivity contribution is -0.139.